The summed E-state index contributed by atoms with van der Waals surface area (Å²) < 4.78 is 5.03. The molecule has 0 spiro atoms. The van der Waals surface area contributed by atoms with Gasteiger partial charge in [0, 0.05) is 25.6 Å². The lowest BCUT2D eigenvalue weighted by molar-refractivity contribution is 0.0368. The summed E-state index contributed by atoms with van der Waals surface area (Å²) in [5, 5.41) is 10.9. The highest BCUT2D eigenvalue weighted by Gasteiger charge is 2.38. The van der Waals surface area contributed by atoms with Crippen LogP contribution in [0, 0.1) is 6.92 Å². The smallest absolute Gasteiger partial charge is 0.223 e. The third-order valence-corrected chi connectivity index (χ3v) is 5.69. The summed E-state index contributed by atoms with van der Waals surface area (Å²) in [5.74, 6) is 2.06. The number of halogens is 1. The number of aryl methyl sites for hydroxylation is 1. The van der Waals surface area contributed by atoms with Gasteiger partial charge >= 0.3 is 0 Å². The highest BCUT2D eigenvalue weighted by Crippen LogP contribution is 2.35. The van der Waals surface area contributed by atoms with Crippen LogP contribution >= 0.6 is 24.0 Å². The number of aliphatic imine (C=N–C) groups is 1. The normalized spacial score (nSPS) is 20.7. The van der Waals surface area contributed by atoms with Gasteiger partial charge in [0.2, 0.25) is 5.89 Å². The van der Waals surface area contributed by atoms with Crippen molar-refractivity contribution in [1.29, 1.82) is 0 Å². The van der Waals surface area contributed by atoms with Crippen molar-refractivity contribution in [3.63, 3.8) is 0 Å². The van der Waals surface area contributed by atoms with E-state index >= 15 is 0 Å². The van der Waals surface area contributed by atoms with Crippen molar-refractivity contribution < 1.29 is 4.52 Å². The van der Waals surface area contributed by atoms with Crippen molar-refractivity contribution in [3.05, 3.63) is 11.7 Å². The lowest BCUT2D eigenvalue weighted by atomic mass is 9.79. The maximum absolute atomic E-state index is 5.03. The Bertz CT molecular complexity index is 579. The Morgan fingerprint density at radius 2 is 1.81 bits per heavy atom. The van der Waals surface area contributed by atoms with Crippen LogP contribution in [0.25, 0.3) is 0 Å². The molecule has 2 fully saturated rings. The van der Waals surface area contributed by atoms with Crippen molar-refractivity contribution in [2.45, 2.75) is 77.3 Å². The second kappa shape index (κ2) is 11.2. The molecule has 2 heterocycles. The molecule has 0 radical (unpaired) electrons. The summed E-state index contributed by atoms with van der Waals surface area (Å²) in [4.78, 5) is 11.6. The van der Waals surface area contributed by atoms with Crippen molar-refractivity contribution in [3.8, 4) is 0 Å². The van der Waals surface area contributed by atoms with Crippen LogP contribution in [-0.4, -0.2) is 52.7 Å². The fourth-order valence-electron chi connectivity index (χ4n) is 4.33. The summed E-state index contributed by atoms with van der Waals surface area (Å²) >= 11 is 0. The van der Waals surface area contributed by atoms with Crippen molar-refractivity contribution >= 4 is 29.9 Å². The summed E-state index contributed by atoms with van der Waals surface area (Å²) in [7, 11) is 0. The zero-order valence-electron chi connectivity index (χ0n) is 16.8. The van der Waals surface area contributed by atoms with Crippen LogP contribution in [0.4, 0.5) is 0 Å². The monoisotopic (exact) mass is 490 g/mol. The molecule has 1 aliphatic carbocycles. The number of rotatable bonds is 6. The minimum atomic E-state index is 0. The van der Waals surface area contributed by atoms with Crippen LogP contribution in [0.15, 0.2) is 9.52 Å². The highest BCUT2D eigenvalue weighted by molar-refractivity contribution is 14.0. The predicted octanol–water partition coefficient (Wildman–Crippen LogP) is 3.24. The molecule has 1 saturated carbocycles. The third kappa shape index (κ3) is 6.30. The van der Waals surface area contributed by atoms with Crippen molar-refractivity contribution in [1.82, 2.24) is 25.7 Å². The van der Waals surface area contributed by atoms with Gasteiger partial charge in [-0.1, -0.05) is 30.8 Å². The SMILES string of the molecule is CCNC(=NCc1noc(C)n1)NCC1(N2CCCCC2)CCCCC1.I. The first-order chi connectivity index (χ1) is 12.7. The molecular weight excluding hydrogens is 455 g/mol. The fraction of sp³-hybridized carbons (Fsp3) is 0.842. The zero-order chi connectivity index (χ0) is 18.2. The molecule has 0 bridgehead atoms. The summed E-state index contributed by atoms with van der Waals surface area (Å²) in [6, 6.07) is 0. The fourth-order valence-corrected chi connectivity index (χ4v) is 4.33. The quantitative estimate of drug-likeness (QED) is 0.362. The van der Waals surface area contributed by atoms with E-state index in [0.717, 1.165) is 19.0 Å². The Balaban J connectivity index is 0.00000261. The molecule has 154 valence electrons. The average Bonchev–Trinajstić information content (AvgIpc) is 3.11. The van der Waals surface area contributed by atoms with E-state index in [1.54, 1.807) is 6.92 Å². The number of aromatic nitrogens is 2. The molecule has 8 heteroatoms. The maximum atomic E-state index is 5.03. The average molecular weight is 490 g/mol. The number of guanidine groups is 1. The number of piperidine rings is 1. The van der Waals surface area contributed by atoms with Gasteiger partial charge in [0.15, 0.2) is 11.8 Å². The molecule has 3 rings (SSSR count). The van der Waals surface area contributed by atoms with E-state index in [-0.39, 0.29) is 29.5 Å². The Kier molecular flexibility index (Phi) is 9.28. The van der Waals surface area contributed by atoms with E-state index in [1.807, 2.05) is 0 Å². The standard InChI is InChI=1S/C19H34N6O.HI/c1-3-20-18(21-14-17-23-16(2)26-24-17)22-15-19(10-6-4-7-11-19)25-12-8-5-9-13-25;/h3-15H2,1-2H3,(H2,20,21,22);1H. The molecule has 2 N–H and O–H groups in total. The molecule has 0 unspecified atom stereocenters. The van der Waals surface area contributed by atoms with E-state index in [0.29, 0.717) is 18.3 Å². The van der Waals surface area contributed by atoms with Gasteiger partial charge in [-0.25, -0.2) is 4.99 Å². The molecule has 2 aliphatic rings. The third-order valence-electron chi connectivity index (χ3n) is 5.69. The Hall–Kier alpha value is -0.900. The predicted molar refractivity (Wildman–Crippen MR) is 119 cm³/mol. The van der Waals surface area contributed by atoms with Gasteiger partial charge in [-0.05, 0) is 45.7 Å². The van der Waals surface area contributed by atoms with Gasteiger partial charge in [0.1, 0.15) is 6.54 Å². The van der Waals surface area contributed by atoms with Gasteiger partial charge in [-0.3, -0.25) is 4.90 Å². The molecule has 0 aromatic carbocycles. The first-order valence-corrected chi connectivity index (χ1v) is 10.3. The molecular formula is C19H35IN6O. The van der Waals surface area contributed by atoms with Crippen molar-refractivity contribution in [2.75, 3.05) is 26.2 Å². The van der Waals surface area contributed by atoms with E-state index in [1.165, 1.54) is 64.5 Å². The van der Waals surface area contributed by atoms with E-state index < -0.39 is 0 Å². The summed E-state index contributed by atoms with van der Waals surface area (Å²) in [5.41, 5.74) is 0.289. The van der Waals surface area contributed by atoms with E-state index in [4.69, 9.17) is 4.52 Å². The molecule has 1 aromatic heterocycles. The lowest BCUT2D eigenvalue weighted by Crippen LogP contribution is -2.59. The second-order valence-corrected chi connectivity index (χ2v) is 7.61. The van der Waals surface area contributed by atoms with Crippen molar-refractivity contribution in [2.24, 2.45) is 4.99 Å². The molecule has 0 amide bonds. The van der Waals surface area contributed by atoms with Crippen LogP contribution in [0.3, 0.4) is 0 Å². The minimum absolute atomic E-state index is 0. The van der Waals surface area contributed by atoms with Gasteiger partial charge in [-0.2, -0.15) is 4.98 Å². The largest absolute Gasteiger partial charge is 0.357 e. The summed E-state index contributed by atoms with van der Waals surface area (Å²) in [6.45, 7) is 8.63. The van der Waals surface area contributed by atoms with Gasteiger partial charge in [-0.15, -0.1) is 24.0 Å². The second-order valence-electron chi connectivity index (χ2n) is 7.61. The van der Waals surface area contributed by atoms with Crippen LogP contribution in [-0.2, 0) is 6.54 Å². The van der Waals surface area contributed by atoms with E-state index in [2.05, 4.69) is 37.6 Å². The Labute approximate surface area is 180 Å². The number of likely N-dealkylation sites (tertiary alicyclic amines) is 1. The molecule has 1 aromatic rings. The Morgan fingerprint density at radius 1 is 1.11 bits per heavy atom. The first kappa shape index (κ1) is 22.4. The maximum Gasteiger partial charge on any atom is 0.223 e. The van der Waals surface area contributed by atoms with Crippen LogP contribution in [0.2, 0.25) is 0 Å². The van der Waals surface area contributed by atoms with E-state index in [9.17, 15) is 0 Å². The van der Waals surface area contributed by atoms with Gasteiger partial charge in [0.25, 0.3) is 0 Å². The molecule has 7 nitrogen and oxygen atoms in total. The molecule has 27 heavy (non-hydrogen) atoms. The number of nitrogens with one attached hydrogen (secondary N) is 2. The highest BCUT2D eigenvalue weighted by atomic mass is 127. The summed E-state index contributed by atoms with van der Waals surface area (Å²) in [6.07, 6.45) is 10.7. The van der Waals surface area contributed by atoms with Crippen LogP contribution < -0.4 is 10.6 Å². The minimum Gasteiger partial charge on any atom is -0.357 e. The van der Waals surface area contributed by atoms with Gasteiger partial charge < -0.3 is 15.2 Å². The number of hydrogen-bond donors (Lipinski definition) is 2. The molecule has 1 saturated heterocycles. The number of nitrogens with zero attached hydrogens (tertiary/aromatic N) is 4. The van der Waals surface area contributed by atoms with Crippen LogP contribution in [0.5, 0.6) is 0 Å². The molecule has 0 atom stereocenters. The van der Waals surface area contributed by atoms with Gasteiger partial charge in [0.05, 0.1) is 0 Å². The first-order valence-electron chi connectivity index (χ1n) is 10.3. The topological polar surface area (TPSA) is 78.6 Å². The lowest BCUT2D eigenvalue weighted by Gasteiger charge is -2.48. The Morgan fingerprint density at radius 3 is 2.44 bits per heavy atom. The molecule has 1 aliphatic heterocycles. The zero-order valence-corrected chi connectivity index (χ0v) is 19.1. The van der Waals surface area contributed by atoms with Crippen LogP contribution in [0.1, 0.15) is 70.0 Å². The number of hydrogen-bond acceptors (Lipinski definition) is 5.